The number of halogens is 1. The maximum atomic E-state index is 12.2. The van der Waals surface area contributed by atoms with Crippen molar-refractivity contribution in [3.63, 3.8) is 0 Å². The number of carbonyl (C=O) groups is 1. The van der Waals surface area contributed by atoms with Gasteiger partial charge in [-0.1, -0.05) is 52.3 Å². The van der Waals surface area contributed by atoms with Crippen LogP contribution >= 0.6 is 15.9 Å². The van der Waals surface area contributed by atoms with Crippen molar-refractivity contribution in [1.29, 1.82) is 0 Å². The molecule has 0 amide bonds. The SMILES string of the molecule is CC(=O)c1c(C)oc(Cc2ccccc2O)c1-c1ccccc1Br. The number of para-hydroxylation sites is 1. The van der Waals surface area contributed by atoms with Gasteiger partial charge in [-0.3, -0.25) is 4.79 Å². The Hall–Kier alpha value is -2.33. The van der Waals surface area contributed by atoms with E-state index in [9.17, 15) is 9.90 Å². The zero-order valence-corrected chi connectivity index (χ0v) is 15.1. The summed E-state index contributed by atoms with van der Waals surface area (Å²) in [7, 11) is 0. The second-order valence-electron chi connectivity index (χ2n) is 5.67. The summed E-state index contributed by atoms with van der Waals surface area (Å²) in [6, 6.07) is 14.9. The fourth-order valence-corrected chi connectivity index (χ4v) is 3.42. The van der Waals surface area contributed by atoms with Crippen LogP contribution in [-0.2, 0) is 6.42 Å². The molecule has 0 spiro atoms. The molecule has 24 heavy (non-hydrogen) atoms. The second-order valence-corrected chi connectivity index (χ2v) is 6.53. The van der Waals surface area contributed by atoms with E-state index in [-0.39, 0.29) is 11.5 Å². The van der Waals surface area contributed by atoms with Crippen LogP contribution < -0.4 is 0 Å². The lowest BCUT2D eigenvalue weighted by Gasteiger charge is -2.08. The molecule has 0 fully saturated rings. The van der Waals surface area contributed by atoms with Gasteiger partial charge in [0, 0.05) is 27.6 Å². The topological polar surface area (TPSA) is 50.4 Å². The van der Waals surface area contributed by atoms with Crippen LogP contribution in [0.4, 0.5) is 0 Å². The minimum atomic E-state index is -0.0365. The molecule has 0 radical (unpaired) electrons. The van der Waals surface area contributed by atoms with Gasteiger partial charge in [-0.2, -0.15) is 0 Å². The molecular formula is C20H17BrO3. The van der Waals surface area contributed by atoms with Crippen LogP contribution in [0, 0.1) is 6.92 Å². The van der Waals surface area contributed by atoms with Crippen LogP contribution in [-0.4, -0.2) is 10.9 Å². The monoisotopic (exact) mass is 384 g/mol. The van der Waals surface area contributed by atoms with E-state index in [0.29, 0.717) is 23.5 Å². The Kier molecular flexibility index (Phi) is 4.58. The lowest BCUT2D eigenvalue weighted by molar-refractivity contribution is 0.101. The van der Waals surface area contributed by atoms with E-state index < -0.39 is 0 Å². The van der Waals surface area contributed by atoms with Gasteiger partial charge in [0.05, 0.1) is 5.56 Å². The number of phenols is 1. The average molecular weight is 385 g/mol. The van der Waals surface area contributed by atoms with Crippen LogP contribution in [0.5, 0.6) is 5.75 Å². The van der Waals surface area contributed by atoms with Crippen LogP contribution in [0.25, 0.3) is 11.1 Å². The van der Waals surface area contributed by atoms with Gasteiger partial charge >= 0.3 is 0 Å². The Morgan fingerprint density at radius 2 is 1.79 bits per heavy atom. The molecule has 3 nitrogen and oxygen atoms in total. The van der Waals surface area contributed by atoms with Gasteiger partial charge in [0.1, 0.15) is 17.3 Å². The van der Waals surface area contributed by atoms with Crippen LogP contribution in [0.1, 0.15) is 34.4 Å². The van der Waals surface area contributed by atoms with Crippen LogP contribution in [0.15, 0.2) is 57.4 Å². The maximum Gasteiger partial charge on any atom is 0.163 e. The third kappa shape index (κ3) is 3.02. The number of benzene rings is 2. The van der Waals surface area contributed by atoms with Crippen molar-refractivity contribution in [2.75, 3.05) is 0 Å². The van der Waals surface area contributed by atoms with Gasteiger partial charge in [-0.05, 0) is 26.0 Å². The summed E-state index contributed by atoms with van der Waals surface area (Å²) in [6.45, 7) is 3.34. The van der Waals surface area contributed by atoms with Gasteiger partial charge < -0.3 is 9.52 Å². The molecule has 0 aliphatic rings. The average Bonchev–Trinajstić information content (AvgIpc) is 2.86. The molecule has 4 heteroatoms. The Balaban J connectivity index is 2.21. The number of aromatic hydroxyl groups is 1. The zero-order valence-electron chi connectivity index (χ0n) is 13.5. The number of aryl methyl sites for hydroxylation is 1. The Bertz CT molecular complexity index is 909. The van der Waals surface area contributed by atoms with Gasteiger partial charge in [0.25, 0.3) is 0 Å². The zero-order chi connectivity index (χ0) is 17.3. The maximum absolute atomic E-state index is 12.2. The molecule has 2 aromatic carbocycles. The first-order valence-electron chi connectivity index (χ1n) is 7.64. The number of rotatable bonds is 4. The van der Waals surface area contributed by atoms with Crippen LogP contribution in [0.2, 0.25) is 0 Å². The number of hydrogen-bond donors (Lipinski definition) is 1. The Morgan fingerprint density at radius 3 is 2.46 bits per heavy atom. The summed E-state index contributed by atoms with van der Waals surface area (Å²) >= 11 is 3.56. The Morgan fingerprint density at radius 1 is 1.12 bits per heavy atom. The summed E-state index contributed by atoms with van der Waals surface area (Å²) in [5.74, 6) is 1.45. The molecule has 0 unspecified atom stereocenters. The van der Waals surface area contributed by atoms with Gasteiger partial charge in [0.2, 0.25) is 0 Å². The van der Waals surface area contributed by atoms with Gasteiger partial charge in [0.15, 0.2) is 5.78 Å². The summed E-state index contributed by atoms with van der Waals surface area (Å²) < 4.78 is 6.82. The summed E-state index contributed by atoms with van der Waals surface area (Å²) in [5, 5.41) is 10.1. The number of Topliss-reactive ketones (excluding diaryl/α,β-unsaturated/α-hetero) is 1. The van der Waals surface area contributed by atoms with E-state index >= 15 is 0 Å². The largest absolute Gasteiger partial charge is 0.508 e. The van der Waals surface area contributed by atoms with Gasteiger partial charge in [-0.15, -0.1) is 0 Å². The summed E-state index contributed by atoms with van der Waals surface area (Å²) in [6.07, 6.45) is 0.414. The molecule has 0 aliphatic carbocycles. The van der Waals surface area contributed by atoms with E-state index in [1.165, 1.54) is 0 Å². The molecule has 0 saturated heterocycles. The van der Waals surface area contributed by atoms with Crippen molar-refractivity contribution in [3.8, 4) is 16.9 Å². The summed E-state index contributed by atoms with van der Waals surface area (Å²) in [5.41, 5.74) is 3.04. The standard InChI is InChI=1S/C20H17BrO3/c1-12(22)19-13(2)24-18(11-14-7-3-6-10-17(14)23)20(19)15-8-4-5-9-16(15)21/h3-10,23H,11H2,1-2H3. The summed E-state index contributed by atoms with van der Waals surface area (Å²) in [4.78, 5) is 12.2. The van der Waals surface area contributed by atoms with Crippen molar-refractivity contribution in [1.82, 2.24) is 0 Å². The quantitative estimate of drug-likeness (QED) is 0.602. The minimum Gasteiger partial charge on any atom is -0.508 e. The van der Waals surface area contributed by atoms with Crippen LogP contribution in [0.3, 0.4) is 0 Å². The van der Waals surface area contributed by atoms with Crippen molar-refractivity contribution in [3.05, 3.63) is 75.7 Å². The highest BCUT2D eigenvalue weighted by Gasteiger charge is 2.24. The first kappa shape index (κ1) is 16.5. The molecule has 122 valence electrons. The first-order chi connectivity index (χ1) is 11.5. The van der Waals surface area contributed by atoms with Crippen molar-refractivity contribution >= 4 is 21.7 Å². The normalized spacial score (nSPS) is 10.8. The fourth-order valence-electron chi connectivity index (χ4n) is 2.93. The molecule has 0 saturated carbocycles. The molecule has 0 aliphatic heterocycles. The third-order valence-corrected chi connectivity index (χ3v) is 4.69. The lowest BCUT2D eigenvalue weighted by atomic mass is 9.95. The van der Waals surface area contributed by atoms with E-state index in [1.807, 2.05) is 36.4 Å². The number of hydrogen-bond acceptors (Lipinski definition) is 3. The number of furan rings is 1. The number of carbonyl (C=O) groups excluding carboxylic acids is 1. The van der Waals surface area contributed by atoms with E-state index in [1.54, 1.807) is 26.0 Å². The van der Waals surface area contributed by atoms with Crippen molar-refractivity contribution < 1.29 is 14.3 Å². The second kappa shape index (κ2) is 6.65. The smallest absolute Gasteiger partial charge is 0.163 e. The van der Waals surface area contributed by atoms with Gasteiger partial charge in [-0.25, -0.2) is 0 Å². The number of ketones is 1. The van der Waals surface area contributed by atoms with Crippen molar-refractivity contribution in [2.45, 2.75) is 20.3 Å². The molecule has 1 heterocycles. The highest BCUT2D eigenvalue weighted by Crippen LogP contribution is 2.38. The predicted molar refractivity (Wildman–Crippen MR) is 97.5 cm³/mol. The highest BCUT2D eigenvalue weighted by molar-refractivity contribution is 9.10. The molecule has 3 aromatic rings. The highest BCUT2D eigenvalue weighted by atomic mass is 79.9. The Labute approximate surface area is 149 Å². The molecular weight excluding hydrogens is 368 g/mol. The van der Waals surface area contributed by atoms with E-state index in [2.05, 4.69) is 15.9 Å². The lowest BCUT2D eigenvalue weighted by Crippen LogP contribution is -1.97. The van der Waals surface area contributed by atoms with E-state index in [0.717, 1.165) is 21.2 Å². The molecule has 0 bridgehead atoms. The minimum absolute atomic E-state index is 0.0365. The third-order valence-electron chi connectivity index (χ3n) is 4.00. The molecule has 3 rings (SSSR count). The molecule has 1 aromatic heterocycles. The first-order valence-corrected chi connectivity index (χ1v) is 8.43. The fraction of sp³-hybridized carbons (Fsp3) is 0.150. The molecule has 1 N–H and O–H groups in total. The van der Waals surface area contributed by atoms with Crippen molar-refractivity contribution in [2.24, 2.45) is 0 Å². The predicted octanol–water partition coefficient (Wildman–Crippen LogP) is 5.52. The molecule has 0 atom stereocenters. The van der Waals surface area contributed by atoms with E-state index in [4.69, 9.17) is 4.42 Å². The number of phenolic OH excluding ortho intramolecular Hbond substituents is 1.